The first-order chi connectivity index (χ1) is 17.3. The summed E-state index contributed by atoms with van der Waals surface area (Å²) >= 11 is 12.6. The Bertz CT molecular complexity index is 1100. The lowest BCUT2D eigenvalue weighted by molar-refractivity contribution is -0.141. The molecule has 1 atom stereocenters. The minimum Gasteiger partial charge on any atom is -0.354 e. The Morgan fingerprint density at radius 1 is 0.889 bits per heavy atom. The molecule has 0 saturated carbocycles. The Hall–Kier alpha value is -2.82. The molecule has 3 aromatic carbocycles. The number of nitrogens with zero attached hydrogens (tertiary/aromatic N) is 1. The van der Waals surface area contributed by atoms with Crippen molar-refractivity contribution in [1.29, 1.82) is 0 Å². The van der Waals surface area contributed by atoms with Crippen LogP contribution >= 0.6 is 23.2 Å². The molecule has 0 bridgehead atoms. The monoisotopic (exact) mass is 524 g/mol. The van der Waals surface area contributed by atoms with E-state index in [9.17, 15) is 9.59 Å². The van der Waals surface area contributed by atoms with E-state index in [0.717, 1.165) is 16.7 Å². The van der Waals surface area contributed by atoms with Crippen LogP contribution in [0.25, 0.3) is 0 Å². The Labute approximate surface area is 224 Å². The second-order valence-electron chi connectivity index (χ2n) is 9.40. The average Bonchev–Trinajstić information content (AvgIpc) is 2.88. The molecule has 1 unspecified atom stereocenters. The molecule has 2 amide bonds. The van der Waals surface area contributed by atoms with Crippen molar-refractivity contribution in [2.24, 2.45) is 5.92 Å². The first-order valence-corrected chi connectivity index (χ1v) is 13.2. The smallest absolute Gasteiger partial charge is 0.242 e. The van der Waals surface area contributed by atoms with Crippen molar-refractivity contribution in [3.63, 3.8) is 0 Å². The van der Waals surface area contributed by atoms with Gasteiger partial charge in [0.05, 0.1) is 0 Å². The molecule has 6 heteroatoms. The third-order valence-electron chi connectivity index (χ3n) is 6.21. The van der Waals surface area contributed by atoms with Crippen molar-refractivity contribution in [2.75, 3.05) is 6.54 Å². The SMILES string of the molecule is CCC(C(=O)NCC(C)C)N(Cc1ccc(Cl)cc1Cl)C(=O)CC(c1ccccc1)c1ccccc1. The fourth-order valence-electron chi connectivity index (χ4n) is 4.27. The molecule has 0 radical (unpaired) electrons. The molecule has 190 valence electrons. The highest BCUT2D eigenvalue weighted by Gasteiger charge is 2.31. The lowest BCUT2D eigenvalue weighted by Crippen LogP contribution is -2.49. The van der Waals surface area contributed by atoms with Crippen LogP contribution in [0.1, 0.15) is 56.2 Å². The summed E-state index contributed by atoms with van der Waals surface area (Å²) < 4.78 is 0. The van der Waals surface area contributed by atoms with E-state index in [4.69, 9.17) is 23.2 Å². The molecule has 0 heterocycles. The summed E-state index contributed by atoms with van der Waals surface area (Å²) in [6.45, 7) is 6.79. The van der Waals surface area contributed by atoms with Crippen molar-refractivity contribution < 1.29 is 9.59 Å². The van der Waals surface area contributed by atoms with E-state index in [1.807, 2.05) is 87.5 Å². The van der Waals surface area contributed by atoms with Crippen LogP contribution in [0.2, 0.25) is 10.0 Å². The first kappa shape index (κ1) is 27.8. The maximum atomic E-state index is 14.0. The number of amides is 2. The third kappa shape index (κ3) is 7.59. The minimum atomic E-state index is -0.616. The van der Waals surface area contributed by atoms with E-state index in [1.165, 1.54) is 0 Å². The topological polar surface area (TPSA) is 49.4 Å². The number of carbonyl (C=O) groups excluding carboxylic acids is 2. The number of halogens is 2. The summed E-state index contributed by atoms with van der Waals surface area (Å²) in [4.78, 5) is 28.9. The fraction of sp³-hybridized carbons (Fsp3) is 0.333. The Kier molecular flexibility index (Phi) is 10.4. The van der Waals surface area contributed by atoms with Crippen LogP contribution in [-0.4, -0.2) is 29.3 Å². The van der Waals surface area contributed by atoms with Gasteiger partial charge in [0.1, 0.15) is 6.04 Å². The van der Waals surface area contributed by atoms with Gasteiger partial charge in [-0.1, -0.05) is 111 Å². The van der Waals surface area contributed by atoms with Crippen LogP contribution in [-0.2, 0) is 16.1 Å². The molecule has 0 aromatic heterocycles. The van der Waals surface area contributed by atoms with Gasteiger partial charge < -0.3 is 10.2 Å². The van der Waals surface area contributed by atoms with Gasteiger partial charge >= 0.3 is 0 Å². The second-order valence-corrected chi connectivity index (χ2v) is 10.2. The van der Waals surface area contributed by atoms with Crippen LogP contribution < -0.4 is 5.32 Å². The summed E-state index contributed by atoms with van der Waals surface area (Å²) in [5.74, 6) is -0.0907. The molecule has 4 nitrogen and oxygen atoms in total. The van der Waals surface area contributed by atoms with Crippen LogP contribution in [0, 0.1) is 5.92 Å². The zero-order valence-corrected chi connectivity index (χ0v) is 22.6. The molecular weight excluding hydrogens is 491 g/mol. The lowest BCUT2D eigenvalue weighted by atomic mass is 9.88. The van der Waals surface area contributed by atoms with Gasteiger partial charge in [-0.15, -0.1) is 0 Å². The zero-order valence-electron chi connectivity index (χ0n) is 21.1. The van der Waals surface area contributed by atoms with Crippen LogP contribution in [0.5, 0.6) is 0 Å². The van der Waals surface area contributed by atoms with Gasteiger partial charge in [-0.05, 0) is 41.2 Å². The van der Waals surface area contributed by atoms with Gasteiger partial charge in [-0.3, -0.25) is 9.59 Å². The number of hydrogen-bond acceptors (Lipinski definition) is 2. The maximum absolute atomic E-state index is 14.0. The molecule has 3 rings (SSSR count). The largest absolute Gasteiger partial charge is 0.354 e. The summed E-state index contributed by atoms with van der Waals surface area (Å²) in [6, 6.07) is 24.6. The van der Waals surface area contributed by atoms with E-state index in [2.05, 4.69) is 5.32 Å². The molecule has 3 aromatic rings. The van der Waals surface area contributed by atoms with Crippen molar-refractivity contribution >= 4 is 35.0 Å². The summed E-state index contributed by atoms with van der Waals surface area (Å²) in [5.41, 5.74) is 2.86. The van der Waals surface area contributed by atoms with Gasteiger partial charge in [-0.2, -0.15) is 0 Å². The van der Waals surface area contributed by atoms with Gasteiger partial charge in [0.2, 0.25) is 11.8 Å². The van der Waals surface area contributed by atoms with E-state index >= 15 is 0 Å². The molecule has 0 aliphatic rings. The lowest BCUT2D eigenvalue weighted by Gasteiger charge is -2.32. The van der Waals surface area contributed by atoms with Crippen molar-refractivity contribution in [2.45, 2.75) is 52.1 Å². The van der Waals surface area contributed by atoms with Gasteiger partial charge in [0.15, 0.2) is 0 Å². The number of benzene rings is 3. The third-order valence-corrected chi connectivity index (χ3v) is 6.80. The van der Waals surface area contributed by atoms with Crippen LogP contribution in [0.4, 0.5) is 0 Å². The standard InChI is InChI=1S/C30H34Cl2N2O2/c1-4-28(30(36)33-19-21(2)3)34(20-24-15-16-25(31)17-27(24)32)29(35)18-26(22-11-7-5-8-12-22)23-13-9-6-10-14-23/h5-17,21,26,28H,4,18-20H2,1-3H3,(H,33,36). The highest BCUT2D eigenvalue weighted by atomic mass is 35.5. The van der Waals surface area contributed by atoms with E-state index in [0.29, 0.717) is 28.9 Å². The molecule has 0 aliphatic heterocycles. The minimum absolute atomic E-state index is 0.106. The molecular formula is C30H34Cl2N2O2. The number of nitrogens with one attached hydrogen (secondary N) is 1. The van der Waals surface area contributed by atoms with E-state index in [-0.39, 0.29) is 30.7 Å². The maximum Gasteiger partial charge on any atom is 0.242 e. The second kappa shape index (κ2) is 13.5. The predicted octanol–water partition coefficient (Wildman–Crippen LogP) is 7.10. The highest BCUT2D eigenvalue weighted by Crippen LogP contribution is 2.30. The van der Waals surface area contributed by atoms with Crippen molar-refractivity contribution in [3.05, 3.63) is 106 Å². The van der Waals surface area contributed by atoms with Gasteiger partial charge in [-0.25, -0.2) is 0 Å². The molecule has 1 N–H and O–H groups in total. The average molecular weight is 526 g/mol. The Morgan fingerprint density at radius 2 is 1.47 bits per heavy atom. The predicted molar refractivity (Wildman–Crippen MR) is 148 cm³/mol. The van der Waals surface area contributed by atoms with Gasteiger partial charge in [0.25, 0.3) is 0 Å². The molecule has 0 spiro atoms. The molecule has 0 saturated heterocycles. The molecule has 0 aliphatic carbocycles. The Morgan fingerprint density at radius 3 is 1.97 bits per heavy atom. The zero-order chi connectivity index (χ0) is 26.1. The quantitative estimate of drug-likeness (QED) is 0.291. The number of carbonyl (C=O) groups is 2. The van der Waals surface area contributed by atoms with Crippen LogP contribution in [0.3, 0.4) is 0 Å². The van der Waals surface area contributed by atoms with Gasteiger partial charge in [0, 0.05) is 35.5 Å². The molecule has 0 fully saturated rings. The number of rotatable bonds is 11. The summed E-state index contributed by atoms with van der Waals surface area (Å²) in [7, 11) is 0. The highest BCUT2D eigenvalue weighted by molar-refractivity contribution is 6.35. The first-order valence-electron chi connectivity index (χ1n) is 12.4. The summed E-state index contributed by atoms with van der Waals surface area (Å²) in [6.07, 6.45) is 0.718. The van der Waals surface area contributed by atoms with E-state index in [1.54, 1.807) is 17.0 Å². The van der Waals surface area contributed by atoms with Crippen molar-refractivity contribution in [1.82, 2.24) is 10.2 Å². The summed E-state index contributed by atoms with van der Waals surface area (Å²) in [5, 5.41) is 4.00. The van der Waals surface area contributed by atoms with Crippen molar-refractivity contribution in [3.8, 4) is 0 Å². The number of hydrogen-bond donors (Lipinski definition) is 1. The van der Waals surface area contributed by atoms with E-state index < -0.39 is 6.04 Å². The normalized spacial score (nSPS) is 12.0. The molecule has 36 heavy (non-hydrogen) atoms. The fourth-order valence-corrected chi connectivity index (χ4v) is 4.73. The van der Waals surface area contributed by atoms with Crippen LogP contribution in [0.15, 0.2) is 78.9 Å². The Balaban J connectivity index is 1.96.